The maximum Gasteiger partial charge on any atom is 0.312 e. The van der Waals surface area contributed by atoms with Crippen molar-refractivity contribution in [3.63, 3.8) is 0 Å². The highest BCUT2D eigenvalue weighted by Gasteiger charge is 2.19. The molecule has 80 valence electrons. The number of carboxylic acids is 1. The van der Waals surface area contributed by atoms with E-state index < -0.39 is 12.4 Å². The van der Waals surface area contributed by atoms with Crippen molar-refractivity contribution in [2.24, 2.45) is 0 Å². The molecule has 0 spiro atoms. The Morgan fingerprint density at radius 2 is 2.00 bits per heavy atom. The number of nitrogens with zero attached hydrogens (tertiary/aromatic N) is 1. The SMILES string of the molecule is CN1CCC(NC(=O)CC(=O)O)CC1. The highest BCUT2D eigenvalue weighted by atomic mass is 16.4. The van der Waals surface area contributed by atoms with Gasteiger partial charge in [-0.1, -0.05) is 0 Å². The molecule has 1 heterocycles. The van der Waals surface area contributed by atoms with E-state index in [1.165, 1.54) is 0 Å². The summed E-state index contributed by atoms with van der Waals surface area (Å²) < 4.78 is 0. The number of carbonyl (C=O) groups excluding carboxylic acids is 1. The fourth-order valence-corrected chi connectivity index (χ4v) is 1.57. The fraction of sp³-hybridized carbons (Fsp3) is 0.778. The van der Waals surface area contributed by atoms with Gasteiger partial charge in [-0.05, 0) is 33.0 Å². The van der Waals surface area contributed by atoms with Gasteiger partial charge in [-0.15, -0.1) is 0 Å². The average molecular weight is 200 g/mol. The molecule has 0 aromatic rings. The molecule has 0 unspecified atom stereocenters. The summed E-state index contributed by atoms with van der Waals surface area (Å²) in [6.07, 6.45) is 1.38. The number of likely N-dealkylation sites (tertiary alicyclic amines) is 1. The molecule has 0 aromatic carbocycles. The maximum absolute atomic E-state index is 11.1. The van der Waals surface area contributed by atoms with Crippen LogP contribution in [-0.4, -0.2) is 48.1 Å². The summed E-state index contributed by atoms with van der Waals surface area (Å²) in [5.74, 6) is -1.46. The minimum absolute atomic E-state index is 0.151. The van der Waals surface area contributed by atoms with Crippen LogP contribution in [0.1, 0.15) is 19.3 Å². The van der Waals surface area contributed by atoms with Crippen molar-refractivity contribution in [3.8, 4) is 0 Å². The monoisotopic (exact) mass is 200 g/mol. The van der Waals surface area contributed by atoms with E-state index in [0.29, 0.717) is 0 Å². The number of amides is 1. The lowest BCUT2D eigenvalue weighted by Gasteiger charge is -2.29. The average Bonchev–Trinajstić information content (AvgIpc) is 2.07. The normalized spacial score (nSPS) is 19.2. The van der Waals surface area contributed by atoms with Crippen LogP contribution in [0.4, 0.5) is 0 Å². The maximum atomic E-state index is 11.1. The Bertz CT molecular complexity index is 222. The smallest absolute Gasteiger partial charge is 0.312 e. The molecule has 0 radical (unpaired) electrons. The van der Waals surface area contributed by atoms with Crippen molar-refractivity contribution >= 4 is 11.9 Å². The van der Waals surface area contributed by atoms with E-state index in [9.17, 15) is 9.59 Å². The number of rotatable bonds is 3. The largest absolute Gasteiger partial charge is 0.481 e. The van der Waals surface area contributed by atoms with Crippen LogP contribution in [0.3, 0.4) is 0 Å². The quantitative estimate of drug-likeness (QED) is 0.612. The second-order valence-electron chi connectivity index (χ2n) is 3.72. The summed E-state index contributed by atoms with van der Waals surface area (Å²) in [6.45, 7) is 1.91. The highest BCUT2D eigenvalue weighted by molar-refractivity contribution is 5.93. The third-order valence-corrected chi connectivity index (χ3v) is 2.40. The minimum Gasteiger partial charge on any atom is -0.481 e. The molecule has 1 amide bonds. The molecule has 0 aromatic heterocycles. The second-order valence-corrected chi connectivity index (χ2v) is 3.72. The van der Waals surface area contributed by atoms with Gasteiger partial charge in [-0.2, -0.15) is 0 Å². The van der Waals surface area contributed by atoms with Crippen LogP contribution in [-0.2, 0) is 9.59 Å². The van der Waals surface area contributed by atoms with Crippen molar-refractivity contribution < 1.29 is 14.7 Å². The van der Waals surface area contributed by atoms with Crippen LogP contribution in [0.5, 0.6) is 0 Å². The number of piperidine rings is 1. The molecule has 1 rings (SSSR count). The standard InChI is InChI=1S/C9H16N2O3/c1-11-4-2-7(3-5-11)10-8(12)6-9(13)14/h7H,2-6H2,1H3,(H,10,12)(H,13,14). The molecule has 1 fully saturated rings. The summed E-state index contributed by atoms with van der Waals surface area (Å²) in [7, 11) is 2.04. The van der Waals surface area contributed by atoms with Crippen molar-refractivity contribution in [1.29, 1.82) is 0 Å². The number of carbonyl (C=O) groups is 2. The Balaban J connectivity index is 2.24. The highest BCUT2D eigenvalue weighted by Crippen LogP contribution is 2.07. The third kappa shape index (κ3) is 3.74. The zero-order valence-corrected chi connectivity index (χ0v) is 8.32. The molecule has 5 nitrogen and oxygen atoms in total. The molecule has 1 aliphatic rings. The van der Waals surface area contributed by atoms with E-state index >= 15 is 0 Å². The van der Waals surface area contributed by atoms with Crippen molar-refractivity contribution in [2.75, 3.05) is 20.1 Å². The van der Waals surface area contributed by atoms with E-state index in [1.54, 1.807) is 0 Å². The Hall–Kier alpha value is -1.10. The molecule has 1 saturated heterocycles. The summed E-state index contributed by atoms with van der Waals surface area (Å²) in [6, 6.07) is 0.151. The molecule has 14 heavy (non-hydrogen) atoms. The van der Waals surface area contributed by atoms with Gasteiger partial charge in [0, 0.05) is 6.04 Å². The third-order valence-electron chi connectivity index (χ3n) is 2.40. The van der Waals surface area contributed by atoms with E-state index in [-0.39, 0.29) is 11.9 Å². The molecule has 0 bridgehead atoms. The lowest BCUT2D eigenvalue weighted by atomic mass is 10.1. The van der Waals surface area contributed by atoms with Gasteiger partial charge in [0.15, 0.2) is 0 Å². The molecular formula is C9H16N2O3. The second kappa shape index (κ2) is 4.95. The van der Waals surface area contributed by atoms with Gasteiger partial charge in [0.05, 0.1) is 0 Å². The summed E-state index contributed by atoms with van der Waals surface area (Å²) in [5, 5.41) is 11.1. The molecular weight excluding hydrogens is 184 g/mol. The lowest BCUT2D eigenvalue weighted by molar-refractivity contribution is -0.140. The van der Waals surface area contributed by atoms with E-state index in [4.69, 9.17) is 5.11 Å². The molecule has 0 saturated carbocycles. The van der Waals surface area contributed by atoms with Crippen LogP contribution >= 0.6 is 0 Å². The van der Waals surface area contributed by atoms with E-state index in [1.807, 2.05) is 7.05 Å². The van der Waals surface area contributed by atoms with E-state index in [0.717, 1.165) is 25.9 Å². The topological polar surface area (TPSA) is 69.6 Å². The zero-order chi connectivity index (χ0) is 10.6. The van der Waals surface area contributed by atoms with Crippen molar-refractivity contribution in [2.45, 2.75) is 25.3 Å². The minimum atomic E-state index is -1.07. The molecule has 1 aliphatic heterocycles. The number of hydrogen-bond acceptors (Lipinski definition) is 3. The first-order valence-corrected chi connectivity index (χ1v) is 4.77. The Morgan fingerprint density at radius 1 is 1.43 bits per heavy atom. The van der Waals surface area contributed by atoms with Gasteiger partial charge < -0.3 is 15.3 Å². The number of hydrogen-bond donors (Lipinski definition) is 2. The van der Waals surface area contributed by atoms with Crippen LogP contribution < -0.4 is 5.32 Å². The van der Waals surface area contributed by atoms with Gasteiger partial charge in [0.1, 0.15) is 6.42 Å². The molecule has 0 aliphatic carbocycles. The first kappa shape index (κ1) is 11.0. The predicted molar refractivity (Wildman–Crippen MR) is 50.9 cm³/mol. The first-order chi connectivity index (χ1) is 6.58. The number of aliphatic carboxylic acids is 1. The van der Waals surface area contributed by atoms with Gasteiger partial charge in [-0.25, -0.2) is 0 Å². The molecule has 2 N–H and O–H groups in total. The van der Waals surface area contributed by atoms with Gasteiger partial charge >= 0.3 is 5.97 Å². The zero-order valence-electron chi connectivity index (χ0n) is 8.32. The summed E-state index contributed by atoms with van der Waals surface area (Å²) >= 11 is 0. The predicted octanol–water partition coefficient (Wildman–Crippen LogP) is -0.328. The van der Waals surface area contributed by atoms with Crippen LogP contribution in [0.15, 0.2) is 0 Å². The number of nitrogens with one attached hydrogen (secondary N) is 1. The summed E-state index contributed by atoms with van der Waals surface area (Å²) in [4.78, 5) is 23.5. The Kier molecular flexibility index (Phi) is 3.88. The Labute approximate surface area is 83.1 Å². The molecule has 5 heteroatoms. The van der Waals surface area contributed by atoms with Crippen LogP contribution in [0.25, 0.3) is 0 Å². The first-order valence-electron chi connectivity index (χ1n) is 4.77. The van der Waals surface area contributed by atoms with Crippen LogP contribution in [0.2, 0.25) is 0 Å². The van der Waals surface area contributed by atoms with E-state index in [2.05, 4.69) is 10.2 Å². The lowest BCUT2D eigenvalue weighted by Crippen LogP contribution is -2.43. The fourth-order valence-electron chi connectivity index (χ4n) is 1.57. The van der Waals surface area contributed by atoms with Crippen molar-refractivity contribution in [3.05, 3.63) is 0 Å². The number of carboxylic acid groups (broad SMARTS) is 1. The summed E-state index contributed by atoms with van der Waals surface area (Å²) in [5.41, 5.74) is 0. The molecule has 0 atom stereocenters. The van der Waals surface area contributed by atoms with Gasteiger partial charge in [-0.3, -0.25) is 9.59 Å². The Morgan fingerprint density at radius 3 is 2.50 bits per heavy atom. The van der Waals surface area contributed by atoms with Crippen LogP contribution in [0, 0.1) is 0 Å². The van der Waals surface area contributed by atoms with Gasteiger partial charge in [0.25, 0.3) is 0 Å². The van der Waals surface area contributed by atoms with Gasteiger partial charge in [0.2, 0.25) is 5.91 Å². The van der Waals surface area contributed by atoms with Crippen molar-refractivity contribution in [1.82, 2.24) is 10.2 Å².